The Balaban J connectivity index is 1.66. The van der Waals surface area contributed by atoms with Crippen LogP contribution in [0.2, 0.25) is 0 Å². The molecule has 2 aromatic carbocycles. The molecule has 140 valence electrons. The molecular formula is C20H16N4O4. The lowest BCUT2D eigenvalue weighted by molar-refractivity contribution is -0.153. The molecule has 0 aliphatic carbocycles. The van der Waals surface area contributed by atoms with E-state index in [-0.39, 0.29) is 12.1 Å². The normalized spacial score (nSPS) is 11.4. The monoisotopic (exact) mass is 376 g/mol. The first-order valence-corrected chi connectivity index (χ1v) is 8.43. The lowest BCUT2D eigenvalue weighted by atomic mass is 10.2. The van der Waals surface area contributed by atoms with Crippen molar-refractivity contribution in [3.63, 3.8) is 0 Å². The zero-order valence-electron chi connectivity index (χ0n) is 15.0. The zero-order chi connectivity index (χ0) is 20.1. The van der Waals surface area contributed by atoms with Crippen molar-refractivity contribution in [2.45, 2.75) is 19.6 Å². The summed E-state index contributed by atoms with van der Waals surface area (Å²) in [7, 11) is 0. The molecule has 8 nitrogen and oxygen atoms in total. The van der Waals surface area contributed by atoms with E-state index >= 15 is 0 Å². The fraction of sp³-hybridized carbons (Fsp3) is 0.150. The van der Waals surface area contributed by atoms with E-state index in [1.165, 1.54) is 13.3 Å². The van der Waals surface area contributed by atoms with Crippen LogP contribution < -0.4 is 10.9 Å². The molecule has 0 aliphatic rings. The molecule has 28 heavy (non-hydrogen) atoms. The number of nitrogens with one attached hydrogen (secondary N) is 1. The second-order valence-electron chi connectivity index (χ2n) is 5.97. The van der Waals surface area contributed by atoms with Crippen LogP contribution in [0.25, 0.3) is 10.9 Å². The summed E-state index contributed by atoms with van der Waals surface area (Å²) in [5, 5.41) is 12.0. The molecule has 0 saturated carbocycles. The first-order valence-electron chi connectivity index (χ1n) is 8.43. The van der Waals surface area contributed by atoms with Crippen LogP contribution in [0, 0.1) is 11.3 Å². The standard InChI is InChI=1S/C20H16N4O4/c1-13(19(26)23-16-8-4-2-6-14(16)10-21)28-18(25)11-24-12-22-17-9-5-3-7-15(17)20(24)27/h2-9,12-13H,11H2,1H3,(H,23,26)/t13-/m1/s1. The Morgan fingerprint density at radius 2 is 1.93 bits per heavy atom. The van der Waals surface area contributed by atoms with Gasteiger partial charge >= 0.3 is 5.97 Å². The lowest BCUT2D eigenvalue weighted by Crippen LogP contribution is -2.33. The predicted octanol–water partition coefficient (Wildman–Crippen LogP) is 1.84. The Hall–Kier alpha value is -3.99. The summed E-state index contributed by atoms with van der Waals surface area (Å²) in [6.07, 6.45) is 0.156. The first-order chi connectivity index (χ1) is 13.5. The van der Waals surface area contributed by atoms with Crippen molar-refractivity contribution in [3.8, 4) is 6.07 Å². The van der Waals surface area contributed by atoms with Crippen LogP contribution in [-0.4, -0.2) is 27.5 Å². The third kappa shape index (κ3) is 4.04. The molecule has 1 aromatic heterocycles. The van der Waals surface area contributed by atoms with Crippen molar-refractivity contribution < 1.29 is 14.3 Å². The van der Waals surface area contributed by atoms with E-state index in [2.05, 4.69) is 10.3 Å². The van der Waals surface area contributed by atoms with Gasteiger partial charge in [-0.1, -0.05) is 24.3 Å². The number of amides is 1. The summed E-state index contributed by atoms with van der Waals surface area (Å²) < 4.78 is 6.23. The van der Waals surface area contributed by atoms with Crippen molar-refractivity contribution in [2.24, 2.45) is 0 Å². The van der Waals surface area contributed by atoms with Crippen LogP contribution in [0.1, 0.15) is 12.5 Å². The Kier molecular flexibility index (Phi) is 5.46. The maximum atomic E-state index is 12.4. The number of hydrogen-bond acceptors (Lipinski definition) is 6. The fourth-order valence-electron chi connectivity index (χ4n) is 2.57. The van der Waals surface area contributed by atoms with E-state index in [9.17, 15) is 14.4 Å². The SMILES string of the molecule is C[C@@H](OC(=O)Cn1cnc2ccccc2c1=O)C(=O)Nc1ccccc1C#N. The van der Waals surface area contributed by atoms with Crippen molar-refractivity contribution in [1.29, 1.82) is 5.26 Å². The molecule has 1 amide bonds. The smallest absolute Gasteiger partial charge is 0.326 e. The van der Waals surface area contributed by atoms with Gasteiger partial charge in [-0.05, 0) is 31.2 Å². The van der Waals surface area contributed by atoms with Gasteiger partial charge in [-0.25, -0.2) is 4.98 Å². The lowest BCUT2D eigenvalue weighted by Gasteiger charge is -2.14. The third-order valence-electron chi connectivity index (χ3n) is 4.01. The summed E-state index contributed by atoms with van der Waals surface area (Å²) in [5.74, 6) is -1.34. The highest BCUT2D eigenvalue weighted by Crippen LogP contribution is 2.14. The van der Waals surface area contributed by atoms with Gasteiger partial charge in [-0.2, -0.15) is 5.26 Å². The summed E-state index contributed by atoms with van der Waals surface area (Å²) >= 11 is 0. The molecule has 3 aromatic rings. The van der Waals surface area contributed by atoms with E-state index in [1.54, 1.807) is 48.5 Å². The average molecular weight is 376 g/mol. The van der Waals surface area contributed by atoms with Crippen molar-refractivity contribution in [3.05, 3.63) is 70.8 Å². The summed E-state index contributed by atoms with van der Waals surface area (Å²) in [4.78, 5) is 40.9. The summed E-state index contributed by atoms with van der Waals surface area (Å²) in [6.45, 7) is 1.03. The van der Waals surface area contributed by atoms with Gasteiger partial charge in [-0.15, -0.1) is 0 Å². The van der Waals surface area contributed by atoms with Gasteiger partial charge in [0.1, 0.15) is 12.6 Å². The quantitative estimate of drug-likeness (QED) is 0.680. The van der Waals surface area contributed by atoms with Crippen LogP contribution in [0.5, 0.6) is 0 Å². The molecule has 0 radical (unpaired) electrons. The van der Waals surface area contributed by atoms with Gasteiger partial charge in [0.05, 0.1) is 28.5 Å². The molecule has 0 fully saturated rings. The molecule has 3 rings (SSSR count). The highest BCUT2D eigenvalue weighted by atomic mass is 16.5. The Morgan fingerprint density at radius 1 is 1.21 bits per heavy atom. The van der Waals surface area contributed by atoms with E-state index in [0.717, 1.165) is 4.57 Å². The molecule has 0 aliphatic heterocycles. The molecule has 8 heteroatoms. The van der Waals surface area contributed by atoms with Crippen LogP contribution in [0.3, 0.4) is 0 Å². The third-order valence-corrected chi connectivity index (χ3v) is 4.01. The number of carbonyl (C=O) groups is 2. The van der Waals surface area contributed by atoms with E-state index in [0.29, 0.717) is 22.2 Å². The zero-order valence-corrected chi connectivity index (χ0v) is 15.0. The van der Waals surface area contributed by atoms with Gasteiger partial charge in [0.25, 0.3) is 11.5 Å². The second kappa shape index (κ2) is 8.14. The van der Waals surface area contributed by atoms with Crippen LogP contribution >= 0.6 is 0 Å². The number of anilines is 1. The number of ether oxygens (including phenoxy) is 1. The highest BCUT2D eigenvalue weighted by Gasteiger charge is 2.19. The van der Waals surface area contributed by atoms with Gasteiger partial charge in [-0.3, -0.25) is 19.0 Å². The number of rotatable bonds is 5. The van der Waals surface area contributed by atoms with Gasteiger partial charge in [0.15, 0.2) is 6.10 Å². The van der Waals surface area contributed by atoms with E-state index in [1.807, 2.05) is 6.07 Å². The molecule has 0 unspecified atom stereocenters. The summed E-state index contributed by atoms with van der Waals surface area (Å²) in [5.41, 5.74) is 0.777. The number of carbonyl (C=O) groups excluding carboxylic acids is 2. The molecular weight excluding hydrogens is 360 g/mol. The molecule has 1 heterocycles. The average Bonchev–Trinajstić information content (AvgIpc) is 2.70. The minimum atomic E-state index is -1.11. The van der Waals surface area contributed by atoms with Crippen molar-refractivity contribution >= 4 is 28.5 Å². The van der Waals surface area contributed by atoms with Gasteiger partial charge in [0, 0.05) is 0 Å². The number of hydrogen-bond donors (Lipinski definition) is 1. The Bertz CT molecular complexity index is 1150. The molecule has 1 N–H and O–H groups in total. The van der Waals surface area contributed by atoms with Gasteiger partial charge < -0.3 is 10.1 Å². The number of para-hydroxylation sites is 2. The van der Waals surface area contributed by atoms with E-state index in [4.69, 9.17) is 10.00 Å². The molecule has 0 bridgehead atoms. The number of nitriles is 1. The second-order valence-corrected chi connectivity index (χ2v) is 5.97. The number of aromatic nitrogens is 2. The molecule has 1 atom stereocenters. The Labute approximate surface area is 160 Å². The number of esters is 1. The van der Waals surface area contributed by atoms with Crippen molar-refractivity contribution in [1.82, 2.24) is 9.55 Å². The highest BCUT2D eigenvalue weighted by molar-refractivity contribution is 5.96. The number of nitrogens with zero attached hydrogens (tertiary/aromatic N) is 3. The van der Waals surface area contributed by atoms with Crippen LogP contribution in [0.4, 0.5) is 5.69 Å². The molecule has 0 spiro atoms. The number of fused-ring (bicyclic) bond motifs is 1. The predicted molar refractivity (Wildman–Crippen MR) is 101 cm³/mol. The minimum Gasteiger partial charge on any atom is -0.451 e. The molecule has 0 saturated heterocycles. The fourth-order valence-corrected chi connectivity index (χ4v) is 2.57. The number of benzene rings is 2. The maximum Gasteiger partial charge on any atom is 0.326 e. The largest absolute Gasteiger partial charge is 0.451 e. The maximum absolute atomic E-state index is 12.4. The minimum absolute atomic E-state index is 0.295. The van der Waals surface area contributed by atoms with Crippen LogP contribution in [-0.2, 0) is 20.9 Å². The van der Waals surface area contributed by atoms with Gasteiger partial charge in [0.2, 0.25) is 0 Å². The van der Waals surface area contributed by atoms with Crippen molar-refractivity contribution in [2.75, 3.05) is 5.32 Å². The first kappa shape index (κ1) is 18.8. The Morgan fingerprint density at radius 3 is 2.71 bits per heavy atom. The van der Waals surface area contributed by atoms with Crippen LogP contribution in [0.15, 0.2) is 59.7 Å². The topological polar surface area (TPSA) is 114 Å². The van der Waals surface area contributed by atoms with E-state index < -0.39 is 18.0 Å². The summed E-state index contributed by atoms with van der Waals surface area (Å²) in [6, 6.07) is 15.2.